The van der Waals surface area contributed by atoms with E-state index in [1.807, 2.05) is 6.07 Å². The molecule has 1 aliphatic carbocycles. The Bertz CT molecular complexity index is 3090. The van der Waals surface area contributed by atoms with E-state index in [-0.39, 0.29) is 0 Å². The zero-order chi connectivity index (χ0) is 35.3. The summed E-state index contributed by atoms with van der Waals surface area (Å²) < 4.78 is 4.83. The average molecular weight is 687 g/mol. The Kier molecular flexibility index (Phi) is 6.02. The molecule has 1 aliphatic rings. The molecule has 0 saturated heterocycles. The van der Waals surface area contributed by atoms with Gasteiger partial charge < -0.3 is 9.13 Å². The van der Waals surface area contributed by atoms with E-state index in [0.717, 1.165) is 50.8 Å². The van der Waals surface area contributed by atoms with E-state index in [1.165, 1.54) is 59.9 Å². The molecule has 3 aromatic heterocycles. The molecule has 4 heteroatoms. The number of fused-ring (bicyclic) bond motifs is 9. The van der Waals surface area contributed by atoms with Crippen LogP contribution in [0.4, 0.5) is 0 Å². The van der Waals surface area contributed by atoms with Crippen LogP contribution in [0.15, 0.2) is 182 Å². The maximum atomic E-state index is 5.52. The highest BCUT2D eigenvalue weighted by atomic mass is 15.0. The van der Waals surface area contributed by atoms with Crippen LogP contribution in [0, 0.1) is 0 Å². The normalized spacial score (nSPS) is 12.1. The lowest BCUT2D eigenvalue weighted by molar-refractivity contribution is 1.13. The molecule has 0 amide bonds. The lowest BCUT2D eigenvalue weighted by Crippen LogP contribution is -2.02. The molecule has 12 rings (SSSR count). The second-order valence-corrected chi connectivity index (χ2v) is 14.2. The molecule has 0 fully saturated rings. The molecular weight excluding hydrogens is 657 g/mol. The van der Waals surface area contributed by atoms with Crippen molar-refractivity contribution in [2.24, 2.45) is 0 Å². The first-order valence-electron chi connectivity index (χ1n) is 18.4. The van der Waals surface area contributed by atoms with Crippen molar-refractivity contribution in [3.8, 4) is 56.4 Å². The predicted octanol–water partition coefficient (Wildman–Crippen LogP) is 12.8. The maximum absolute atomic E-state index is 5.52. The van der Waals surface area contributed by atoms with Gasteiger partial charge in [0.1, 0.15) is 0 Å². The zero-order valence-corrected chi connectivity index (χ0v) is 29.1. The fourth-order valence-electron chi connectivity index (χ4n) is 8.97. The molecule has 8 aromatic carbocycles. The van der Waals surface area contributed by atoms with Crippen molar-refractivity contribution in [1.29, 1.82) is 0 Å². The van der Waals surface area contributed by atoms with Crippen molar-refractivity contribution in [3.05, 3.63) is 182 Å². The molecule has 0 bridgehead atoms. The Hall–Kier alpha value is -7.30. The molecule has 4 nitrogen and oxygen atoms in total. The molecule has 0 spiro atoms. The summed E-state index contributed by atoms with van der Waals surface area (Å²) in [6, 6.07) is 65.4. The molecule has 54 heavy (non-hydrogen) atoms. The van der Waals surface area contributed by atoms with Crippen molar-refractivity contribution < 1.29 is 0 Å². The van der Waals surface area contributed by atoms with E-state index in [9.17, 15) is 0 Å². The monoisotopic (exact) mass is 686 g/mol. The van der Waals surface area contributed by atoms with Crippen LogP contribution in [-0.2, 0) is 0 Å². The van der Waals surface area contributed by atoms with Gasteiger partial charge >= 0.3 is 0 Å². The zero-order valence-electron chi connectivity index (χ0n) is 29.1. The van der Waals surface area contributed by atoms with Gasteiger partial charge in [0.2, 0.25) is 0 Å². The smallest absolute Gasteiger partial charge is 0.160 e. The fraction of sp³-hybridized carbons (Fsp3) is 0. The molecule has 3 heterocycles. The highest BCUT2D eigenvalue weighted by Crippen LogP contribution is 2.51. The first-order valence-corrected chi connectivity index (χ1v) is 18.4. The molecule has 0 saturated carbocycles. The first kappa shape index (κ1) is 29.3. The van der Waals surface area contributed by atoms with Gasteiger partial charge in [-0.2, -0.15) is 0 Å². The van der Waals surface area contributed by atoms with Crippen LogP contribution >= 0.6 is 0 Å². The van der Waals surface area contributed by atoms with E-state index in [1.54, 1.807) is 0 Å². The van der Waals surface area contributed by atoms with Gasteiger partial charge in [0.15, 0.2) is 5.82 Å². The van der Waals surface area contributed by atoms with E-state index >= 15 is 0 Å². The SMILES string of the molecule is c1ccc(-c2nc(-c3cc(-n4c5ccccc5c5ccccc54)cc(-n4c5ccccc5c5ccccc54)c3)c3c(n2)-c2cccc4cccc-3c24)cc1. The lowest BCUT2D eigenvalue weighted by atomic mass is 9.98. The summed E-state index contributed by atoms with van der Waals surface area (Å²) in [5, 5.41) is 7.36. The van der Waals surface area contributed by atoms with E-state index in [4.69, 9.17) is 9.97 Å². The van der Waals surface area contributed by atoms with Gasteiger partial charge in [0.25, 0.3) is 0 Å². The topological polar surface area (TPSA) is 35.6 Å². The molecule has 0 unspecified atom stereocenters. The quantitative estimate of drug-likeness (QED) is 0.185. The third kappa shape index (κ3) is 4.08. The molecule has 0 aliphatic heterocycles. The second-order valence-electron chi connectivity index (χ2n) is 14.2. The molecule has 0 N–H and O–H groups in total. The van der Waals surface area contributed by atoms with Gasteiger partial charge in [-0.1, -0.05) is 140 Å². The number of hydrogen-bond donors (Lipinski definition) is 0. The average Bonchev–Trinajstić information content (AvgIpc) is 3.88. The summed E-state index contributed by atoms with van der Waals surface area (Å²) in [7, 11) is 0. The van der Waals surface area contributed by atoms with Gasteiger partial charge in [-0.15, -0.1) is 0 Å². The van der Waals surface area contributed by atoms with Crippen LogP contribution in [0.3, 0.4) is 0 Å². The molecule has 0 atom stereocenters. The van der Waals surface area contributed by atoms with Gasteiger partial charge in [-0.25, -0.2) is 9.97 Å². The van der Waals surface area contributed by atoms with Crippen LogP contribution < -0.4 is 0 Å². The van der Waals surface area contributed by atoms with Gasteiger partial charge in [-0.05, 0) is 58.8 Å². The molecule has 250 valence electrons. The van der Waals surface area contributed by atoms with Crippen LogP contribution in [0.1, 0.15) is 0 Å². The minimum atomic E-state index is 0.717. The van der Waals surface area contributed by atoms with Crippen molar-refractivity contribution in [2.75, 3.05) is 0 Å². The van der Waals surface area contributed by atoms with Crippen molar-refractivity contribution >= 4 is 54.4 Å². The van der Waals surface area contributed by atoms with E-state index < -0.39 is 0 Å². The van der Waals surface area contributed by atoms with Crippen molar-refractivity contribution in [3.63, 3.8) is 0 Å². The van der Waals surface area contributed by atoms with E-state index in [0.29, 0.717) is 0 Å². The summed E-state index contributed by atoms with van der Waals surface area (Å²) in [5.74, 6) is 0.717. The predicted molar refractivity (Wildman–Crippen MR) is 224 cm³/mol. The van der Waals surface area contributed by atoms with Crippen LogP contribution in [0.25, 0.3) is 111 Å². The summed E-state index contributed by atoms with van der Waals surface area (Å²) in [6.45, 7) is 0. The van der Waals surface area contributed by atoms with Gasteiger partial charge in [0.05, 0.1) is 33.5 Å². The number of nitrogens with zero attached hydrogens (tertiary/aromatic N) is 4. The minimum absolute atomic E-state index is 0.717. The second kappa shape index (κ2) is 11.1. The number of rotatable bonds is 4. The van der Waals surface area contributed by atoms with Crippen LogP contribution in [-0.4, -0.2) is 19.1 Å². The van der Waals surface area contributed by atoms with Gasteiger partial charge in [0, 0.05) is 55.2 Å². The summed E-state index contributed by atoms with van der Waals surface area (Å²) in [6.07, 6.45) is 0. The third-order valence-electron chi connectivity index (χ3n) is 11.2. The Morgan fingerprint density at radius 1 is 0.352 bits per heavy atom. The summed E-state index contributed by atoms with van der Waals surface area (Å²) in [4.78, 5) is 10.9. The van der Waals surface area contributed by atoms with Crippen LogP contribution in [0.2, 0.25) is 0 Å². The fourth-order valence-corrected chi connectivity index (χ4v) is 8.97. The third-order valence-corrected chi connectivity index (χ3v) is 11.2. The van der Waals surface area contributed by atoms with Crippen molar-refractivity contribution in [1.82, 2.24) is 19.1 Å². The largest absolute Gasteiger partial charge is 0.309 e. The minimum Gasteiger partial charge on any atom is -0.309 e. The van der Waals surface area contributed by atoms with Gasteiger partial charge in [-0.3, -0.25) is 0 Å². The van der Waals surface area contributed by atoms with Crippen LogP contribution in [0.5, 0.6) is 0 Å². The number of hydrogen-bond acceptors (Lipinski definition) is 2. The van der Waals surface area contributed by atoms with E-state index in [2.05, 4.69) is 185 Å². The highest BCUT2D eigenvalue weighted by molar-refractivity contribution is 6.17. The number of aromatic nitrogens is 4. The van der Waals surface area contributed by atoms with Crippen molar-refractivity contribution in [2.45, 2.75) is 0 Å². The number of benzene rings is 8. The molecule has 0 radical (unpaired) electrons. The standard InChI is InChI=1S/C50H30N4/c1-2-14-32(15-3-1)50-51-48(47-40-22-12-16-31-17-13-23-41(46(31)40)49(47)52-50)33-28-34(53-42-24-8-4-18-36(42)37-19-5-9-25-43(37)53)30-35(29-33)54-44-26-10-6-20-38(44)39-21-7-11-27-45(39)54/h1-30H. The first-order chi connectivity index (χ1) is 26.8. The number of para-hydroxylation sites is 4. The molecule has 11 aromatic rings. The lowest BCUT2D eigenvalue weighted by Gasteiger charge is -2.17. The Labute approximate surface area is 310 Å². The summed E-state index contributed by atoms with van der Waals surface area (Å²) >= 11 is 0. The Morgan fingerprint density at radius 3 is 1.35 bits per heavy atom. The summed E-state index contributed by atoms with van der Waals surface area (Å²) in [5.41, 5.74) is 14.1. The molecular formula is C50H30N4. The Balaban J connectivity index is 1.24. The Morgan fingerprint density at radius 2 is 0.815 bits per heavy atom. The maximum Gasteiger partial charge on any atom is 0.160 e. The highest BCUT2D eigenvalue weighted by Gasteiger charge is 2.29.